The Morgan fingerprint density at radius 3 is 2.54 bits per heavy atom. The first-order valence-electron chi connectivity index (χ1n) is 7.97. The van der Waals surface area contributed by atoms with E-state index in [1.807, 2.05) is 0 Å². The van der Waals surface area contributed by atoms with Crippen LogP contribution in [-0.4, -0.2) is 55.9 Å². The Morgan fingerprint density at radius 2 is 1.96 bits per heavy atom. The van der Waals surface area contributed by atoms with Crippen molar-refractivity contribution in [2.45, 2.75) is 6.18 Å². The lowest BCUT2D eigenvalue weighted by atomic mass is 9.96. The van der Waals surface area contributed by atoms with Gasteiger partial charge < -0.3 is 10.0 Å². The van der Waals surface area contributed by atoms with E-state index in [1.165, 1.54) is 41.2 Å². The van der Waals surface area contributed by atoms with Crippen molar-refractivity contribution >= 4 is 17.6 Å². The summed E-state index contributed by atoms with van der Waals surface area (Å²) in [7, 11) is 0. The fourth-order valence-corrected chi connectivity index (χ4v) is 3.04. The monoisotopic (exact) mass is 398 g/mol. The minimum Gasteiger partial charge on any atom is -0.481 e. The van der Waals surface area contributed by atoms with E-state index in [4.69, 9.17) is 5.11 Å². The van der Waals surface area contributed by atoms with Gasteiger partial charge in [0.2, 0.25) is 0 Å². The SMILES string of the molecule is O=C(O)[C@@H]1CN(C(=O)c2ccn(-c3cccc([N+](=O)[O-])c3)n2)C[C@H]1C(F)(F)F. The Bertz CT molecular complexity index is 942. The number of aliphatic carboxylic acids is 1. The van der Waals surface area contributed by atoms with Gasteiger partial charge in [-0.15, -0.1) is 0 Å². The smallest absolute Gasteiger partial charge is 0.394 e. The zero-order valence-electron chi connectivity index (χ0n) is 14.0. The van der Waals surface area contributed by atoms with E-state index in [0.29, 0.717) is 0 Å². The van der Waals surface area contributed by atoms with Gasteiger partial charge in [0.15, 0.2) is 5.69 Å². The molecule has 1 fully saturated rings. The summed E-state index contributed by atoms with van der Waals surface area (Å²) in [6.45, 7) is -1.36. The Labute approximate surface area is 155 Å². The number of alkyl halides is 3. The Morgan fingerprint density at radius 1 is 1.25 bits per heavy atom. The highest BCUT2D eigenvalue weighted by molar-refractivity contribution is 5.93. The van der Waals surface area contributed by atoms with Crippen LogP contribution < -0.4 is 0 Å². The van der Waals surface area contributed by atoms with Crippen LogP contribution in [0.3, 0.4) is 0 Å². The Hall–Kier alpha value is -3.44. The van der Waals surface area contributed by atoms with E-state index in [0.717, 1.165) is 4.90 Å². The molecule has 148 valence electrons. The Balaban J connectivity index is 1.82. The fraction of sp³-hybridized carbons (Fsp3) is 0.312. The van der Waals surface area contributed by atoms with Gasteiger partial charge in [-0.25, -0.2) is 4.68 Å². The zero-order chi connectivity index (χ0) is 20.6. The molecule has 0 bridgehead atoms. The normalized spacial score (nSPS) is 19.6. The third kappa shape index (κ3) is 3.66. The van der Waals surface area contributed by atoms with Gasteiger partial charge in [-0.3, -0.25) is 19.7 Å². The molecule has 1 saturated heterocycles. The van der Waals surface area contributed by atoms with Gasteiger partial charge in [0.1, 0.15) is 0 Å². The molecule has 28 heavy (non-hydrogen) atoms. The van der Waals surface area contributed by atoms with Crippen molar-refractivity contribution in [3.63, 3.8) is 0 Å². The van der Waals surface area contributed by atoms with E-state index < -0.39 is 47.9 Å². The number of nitro groups is 1. The summed E-state index contributed by atoms with van der Waals surface area (Å²) < 4.78 is 40.4. The van der Waals surface area contributed by atoms with Crippen molar-refractivity contribution in [2.24, 2.45) is 11.8 Å². The first-order valence-corrected chi connectivity index (χ1v) is 7.97. The number of rotatable bonds is 4. The van der Waals surface area contributed by atoms with Gasteiger partial charge in [-0.2, -0.15) is 18.3 Å². The molecule has 1 aliphatic rings. The van der Waals surface area contributed by atoms with Crippen LogP contribution >= 0.6 is 0 Å². The van der Waals surface area contributed by atoms with Crippen LogP contribution in [0.1, 0.15) is 10.5 Å². The summed E-state index contributed by atoms with van der Waals surface area (Å²) in [5.74, 6) is -6.38. The van der Waals surface area contributed by atoms with E-state index >= 15 is 0 Å². The number of nitrogens with zero attached hydrogens (tertiary/aromatic N) is 4. The van der Waals surface area contributed by atoms with Gasteiger partial charge in [0.25, 0.3) is 11.6 Å². The number of carboxylic acid groups (broad SMARTS) is 1. The highest BCUT2D eigenvalue weighted by Gasteiger charge is 2.53. The molecule has 3 rings (SSSR count). The minimum absolute atomic E-state index is 0.196. The van der Waals surface area contributed by atoms with E-state index in [1.54, 1.807) is 0 Å². The highest BCUT2D eigenvalue weighted by Crippen LogP contribution is 2.38. The predicted molar refractivity (Wildman–Crippen MR) is 86.8 cm³/mol. The number of benzene rings is 1. The third-order valence-corrected chi connectivity index (χ3v) is 4.46. The number of nitro benzene ring substituents is 1. The largest absolute Gasteiger partial charge is 0.481 e. The van der Waals surface area contributed by atoms with Gasteiger partial charge in [0, 0.05) is 31.4 Å². The molecule has 2 atom stereocenters. The number of hydrogen-bond acceptors (Lipinski definition) is 5. The summed E-state index contributed by atoms with van der Waals surface area (Å²) in [5.41, 5.74) is -0.109. The van der Waals surface area contributed by atoms with Crippen molar-refractivity contribution < 1.29 is 32.8 Å². The number of amides is 1. The first kappa shape index (κ1) is 19.3. The van der Waals surface area contributed by atoms with Crippen molar-refractivity contribution in [3.8, 4) is 5.69 Å². The minimum atomic E-state index is -4.75. The molecule has 2 heterocycles. The molecule has 0 aliphatic carbocycles. The molecule has 1 aliphatic heterocycles. The summed E-state index contributed by atoms with van der Waals surface area (Å²) >= 11 is 0. The Kier molecular flexibility index (Phi) is 4.79. The van der Waals surface area contributed by atoms with E-state index in [2.05, 4.69) is 5.10 Å². The summed E-state index contributed by atoms with van der Waals surface area (Å²) in [4.78, 5) is 34.7. The second-order valence-corrected chi connectivity index (χ2v) is 6.23. The maximum atomic E-state index is 13.1. The van der Waals surface area contributed by atoms with E-state index in [-0.39, 0.29) is 17.1 Å². The first-order chi connectivity index (χ1) is 13.1. The maximum Gasteiger partial charge on any atom is 0.394 e. The molecule has 1 aromatic heterocycles. The van der Waals surface area contributed by atoms with Crippen LogP contribution in [0.2, 0.25) is 0 Å². The van der Waals surface area contributed by atoms with Crippen LogP contribution in [0.15, 0.2) is 36.5 Å². The number of halogens is 3. The molecule has 0 spiro atoms. The molecular formula is C16H13F3N4O5. The van der Waals surface area contributed by atoms with Gasteiger partial charge in [-0.1, -0.05) is 6.07 Å². The highest BCUT2D eigenvalue weighted by atomic mass is 19.4. The van der Waals surface area contributed by atoms with Gasteiger partial charge in [0.05, 0.1) is 22.4 Å². The predicted octanol–water partition coefficient (Wildman–Crippen LogP) is 2.12. The van der Waals surface area contributed by atoms with Crippen LogP contribution in [0, 0.1) is 22.0 Å². The average molecular weight is 398 g/mol. The molecule has 9 nitrogen and oxygen atoms in total. The number of non-ortho nitro benzene ring substituents is 1. The quantitative estimate of drug-likeness (QED) is 0.623. The standard InChI is InChI=1S/C16H13F3N4O5/c17-16(18,19)12-8-21(7-11(12)15(25)26)14(24)13-4-5-22(20-13)9-2-1-3-10(6-9)23(27)28/h1-6,11-12H,7-8H2,(H,25,26)/t11-,12-/m1/s1. The fourth-order valence-electron chi connectivity index (χ4n) is 3.04. The number of carboxylic acids is 1. The van der Waals surface area contributed by atoms with Crippen LogP contribution in [0.4, 0.5) is 18.9 Å². The summed E-state index contributed by atoms with van der Waals surface area (Å²) in [6, 6.07) is 6.66. The second-order valence-electron chi connectivity index (χ2n) is 6.23. The van der Waals surface area contributed by atoms with Crippen molar-refractivity contribution in [2.75, 3.05) is 13.1 Å². The van der Waals surface area contributed by atoms with Crippen molar-refractivity contribution in [1.82, 2.24) is 14.7 Å². The van der Waals surface area contributed by atoms with E-state index in [9.17, 15) is 32.9 Å². The summed E-state index contributed by atoms with van der Waals surface area (Å²) in [5, 5.41) is 23.8. The molecule has 12 heteroatoms. The molecule has 1 aromatic carbocycles. The molecule has 1 N–H and O–H groups in total. The molecule has 0 radical (unpaired) electrons. The number of aromatic nitrogens is 2. The molecule has 0 unspecified atom stereocenters. The molecule has 2 aromatic rings. The topological polar surface area (TPSA) is 119 Å². The summed E-state index contributed by atoms with van der Waals surface area (Å²) in [6.07, 6.45) is -3.42. The lowest BCUT2D eigenvalue weighted by Crippen LogP contribution is -2.34. The number of carbonyl (C=O) groups is 2. The van der Waals surface area contributed by atoms with Crippen molar-refractivity contribution in [3.05, 3.63) is 52.3 Å². The lowest BCUT2D eigenvalue weighted by Gasteiger charge is -2.18. The third-order valence-electron chi connectivity index (χ3n) is 4.46. The van der Waals surface area contributed by atoms with Gasteiger partial charge >= 0.3 is 12.1 Å². The second kappa shape index (κ2) is 6.94. The number of hydrogen-bond donors (Lipinski definition) is 1. The van der Waals surface area contributed by atoms with Crippen LogP contribution in [0.5, 0.6) is 0 Å². The molecule has 1 amide bonds. The number of likely N-dealkylation sites (tertiary alicyclic amines) is 1. The van der Waals surface area contributed by atoms with Crippen LogP contribution in [0.25, 0.3) is 5.69 Å². The van der Waals surface area contributed by atoms with Crippen molar-refractivity contribution in [1.29, 1.82) is 0 Å². The maximum absolute atomic E-state index is 13.1. The molecule has 0 saturated carbocycles. The number of carbonyl (C=O) groups excluding carboxylic acids is 1. The average Bonchev–Trinajstić information content (AvgIpc) is 3.28. The van der Waals surface area contributed by atoms with Crippen LogP contribution in [-0.2, 0) is 4.79 Å². The lowest BCUT2D eigenvalue weighted by molar-refractivity contribution is -0.384. The van der Waals surface area contributed by atoms with Gasteiger partial charge in [-0.05, 0) is 12.1 Å². The zero-order valence-corrected chi connectivity index (χ0v) is 14.0. The molecular weight excluding hydrogens is 385 g/mol.